The van der Waals surface area contributed by atoms with E-state index in [0.717, 1.165) is 24.8 Å². The number of ether oxygens (including phenoxy) is 1. The lowest BCUT2D eigenvalue weighted by molar-refractivity contribution is 0.315. The highest BCUT2D eigenvalue weighted by Gasteiger charge is 2.06. The Bertz CT molecular complexity index is 317. The predicted molar refractivity (Wildman–Crippen MR) is 85.3 cm³/mol. The van der Waals surface area contributed by atoms with Gasteiger partial charge in [-0.25, -0.2) is 0 Å². The SMILES string of the molecule is [Si]CCCOc1cc(I)cc(I)c1I. The van der Waals surface area contributed by atoms with Gasteiger partial charge in [-0.15, -0.1) is 0 Å². The Morgan fingerprint density at radius 1 is 1.21 bits per heavy atom. The molecule has 0 N–H and O–H groups in total. The topological polar surface area (TPSA) is 9.23 Å². The maximum atomic E-state index is 5.69. The normalized spacial score (nSPS) is 10.3. The first-order chi connectivity index (χ1) is 6.65. The molecule has 0 fully saturated rings. The number of rotatable bonds is 4. The molecule has 0 aliphatic heterocycles. The van der Waals surface area contributed by atoms with Crippen LogP contribution in [0, 0.1) is 10.7 Å². The van der Waals surface area contributed by atoms with Gasteiger partial charge in [0.1, 0.15) is 5.75 Å². The van der Waals surface area contributed by atoms with E-state index in [1.165, 1.54) is 10.7 Å². The number of halogens is 3. The van der Waals surface area contributed by atoms with Crippen LogP contribution >= 0.6 is 67.8 Å². The van der Waals surface area contributed by atoms with Crippen molar-refractivity contribution in [2.75, 3.05) is 6.61 Å². The summed E-state index contributed by atoms with van der Waals surface area (Å²) in [5.74, 6) is 1.00. The van der Waals surface area contributed by atoms with Crippen molar-refractivity contribution in [3.8, 4) is 5.75 Å². The zero-order chi connectivity index (χ0) is 10.6. The van der Waals surface area contributed by atoms with E-state index in [0.29, 0.717) is 0 Å². The molecule has 0 aromatic heterocycles. The lowest BCUT2D eigenvalue weighted by Crippen LogP contribution is -2.00. The van der Waals surface area contributed by atoms with Gasteiger partial charge in [0.05, 0.1) is 10.2 Å². The van der Waals surface area contributed by atoms with Crippen molar-refractivity contribution in [1.29, 1.82) is 0 Å². The Labute approximate surface area is 129 Å². The molecule has 0 unspecified atom stereocenters. The summed E-state index contributed by atoms with van der Waals surface area (Å²) >= 11 is 6.97. The lowest BCUT2D eigenvalue weighted by Gasteiger charge is -2.09. The summed E-state index contributed by atoms with van der Waals surface area (Å²) in [6, 6.07) is 5.22. The van der Waals surface area contributed by atoms with Gasteiger partial charge in [0.15, 0.2) is 0 Å². The van der Waals surface area contributed by atoms with E-state index in [9.17, 15) is 0 Å². The first kappa shape index (κ1) is 13.5. The molecular formula is C9H8I3OSi. The standard InChI is InChI=1S/C9H8I3OSi/c10-6-4-7(11)9(12)8(5-6)13-2-1-3-14/h4-5H,1-3H2. The quantitative estimate of drug-likeness (QED) is 0.244. The Kier molecular flexibility index (Phi) is 6.64. The van der Waals surface area contributed by atoms with Crippen LogP contribution in [0.25, 0.3) is 0 Å². The van der Waals surface area contributed by atoms with Crippen molar-refractivity contribution in [1.82, 2.24) is 0 Å². The van der Waals surface area contributed by atoms with Crippen LogP contribution in [0.5, 0.6) is 5.75 Å². The van der Waals surface area contributed by atoms with Gasteiger partial charge in [0, 0.05) is 17.4 Å². The first-order valence-electron chi connectivity index (χ1n) is 4.07. The molecule has 0 spiro atoms. The second kappa shape index (κ2) is 6.89. The highest BCUT2D eigenvalue weighted by molar-refractivity contribution is 14.1. The minimum atomic E-state index is 0.773. The third-order valence-corrected chi connectivity index (χ3v) is 5.51. The van der Waals surface area contributed by atoms with E-state index < -0.39 is 0 Å². The molecule has 3 radical (unpaired) electrons. The van der Waals surface area contributed by atoms with E-state index >= 15 is 0 Å². The zero-order valence-electron chi connectivity index (χ0n) is 7.32. The molecule has 0 aliphatic carbocycles. The van der Waals surface area contributed by atoms with Crippen LogP contribution in [0.2, 0.25) is 6.04 Å². The van der Waals surface area contributed by atoms with Gasteiger partial charge in [0.25, 0.3) is 0 Å². The monoisotopic (exact) mass is 541 g/mol. The van der Waals surface area contributed by atoms with Crippen molar-refractivity contribution in [3.05, 3.63) is 22.8 Å². The first-order valence-corrected chi connectivity index (χ1v) is 8.01. The van der Waals surface area contributed by atoms with Crippen molar-refractivity contribution in [2.45, 2.75) is 12.5 Å². The van der Waals surface area contributed by atoms with Crippen LogP contribution in [0.1, 0.15) is 6.42 Å². The summed E-state index contributed by atoms with van der Waals surface area (Å²) < 4.78 is 9.37. The molecule has 5 heteroatoms. The largest absolute Gasteiger partial charge is 0.492 e. The maximum absolute atomic E-state index is 5.69. The molecule has 0 amide bonds. The number of hydrogen-bond donors (Lipinski definition) is 0. The van der Waals surface area contributed by atoms with E-state index in [1.807, 2.05) is 0 Å². The fraction of sp³-hybridized carbons (Fsp3) is 0.333. The Hall–Kier alpha value is 1.43. The van der Waals surface area contributed by atoms with Crippen LogP contribution < -0.4 is 4.74 Å². The summed E-state index contributed by atoms with van der Waals surface area (Å²) in [6.07, 6.45) is 1.04. The second-order valence-electron chi connectivity index (χ2n) is 2.65. The van der Waals surface area contributed by atoms with Crippen LogP contribution in [0.4, 0.5) is 0 Å². The Morgan fingerprint density at radius 2 is 1.93 bits per heavy atom. The fourth-order valence-corrected chi connectivity index (χ4v) is 3.29. The van der Waals surface area contributed by atoms with Crippen LogP contribution in [-0.2, 0) is 0 Å². The lowest BCUT2D eigenvalue weighted by atomic mass is 10.3. The number of hydrogen-bond acceptors (Lipinski definition) is 1. The zero-order valence-corrected chi connectivity index (χ0v) is 14.8. The van der Waals surface area contributed by atoms with E-state index in [-0.39, 0.29) is 0 Å². The van der Waals surface area contributed by atoms with Crippen molar-refractivity contribution in [3.63, 3.8) is 0 Å². The van der Waals surface area contributed by atoms with Gasteiger partial charge in [-0.1, -0.05) is 6.04 Å². The summed E-state index contributed by atoms with van der Waals surface area (Å²) in [7, 11) is 3.43. The average Bonchev–Trinajstić information content (AvgIpc) is 2.13. The molecule has 75 valence electrons. The highest BCUT2D eigenvalue weighted by atomic mass is 127. The average molecular weight is 541 g/mol. The molecule has 14 heavy (non-hydrogen) atoms. The van der Waals surface area contributed by atoms with E-state index in [4.69, 9.17) is 4.74 Å². The van der Waals surface area contributed by atoms with Gasteiger partial charge >= 0.3 is 0 Å². The molecule has 1 rings (SSSR count). The van der Waals surface area contributed by atoms with Gasteiger partial charge in [-0.3, -0.25) is 0 Å². The minimum Gasteiger partial charge on any atom is -0.492 e. The number of benzene rings is 1. The second-order valence-corrected chi connectivity index (χ2v) is 6.64. The van der Waals surface area contributed by atoms with Crippen molar-refractivity contribution < 1.29 is 4.74 Å². The molecule has 0 saturated heterocycles. The third kappa shape index (κ3) is 4.12. The van der Waals surface area contributed by atoms with E-state index in [1.54, 1.807) is 0 Å². The van der Waals surface area contributed by atoms with Crippen LogP contribution in [-0.4, -0.2) is 16.8 Å². The molecule has 1 nitrogen and oxygen atoms in total. The molecule has 1 aromatic rings. The molecule has 1 aromatic carbocycles. The fourth-order valence-electron chi connectivity index (χ4n) is 0.892. The van der Waals surface area contributed by atoms with Gasteiger partial charge in [-0.2, -0.15) is 0 Å². The summed E-state index contributed by atoms with van der Waals surface area (Å²) in [6.45, 7) is 0.773. The molecule has 0 atom stereocenters. The van der Waals surface area contributed by atoms with E-state index in [2.05, 4.69) is 90.1 Å². The molecule has 0 saturated carbocycles. The van der Waals surface area contributed by atoms with Crippen LogP contribution in [0.15, 0.2) is 12.1 Å². The predicted octanol–water partition coefficient (Wildman–Crippen LogP) is 3.86. The molecule has 0 bridgehead atoms. The Balaban J connectivity index is 2.75. The molecular weight excluding hydrogens is 533 g/mol. The van der Waals surface area contributed by atoms with Gasteiger partial charge in [0.2, 0.25) is 0 Å². The molecule has 0 heterocycles. The highest BCUT2D eigenvalue weighted by Crippen LogP contribution is 2.28. The summed E-state index contributed by atoms with van der Waals surface area (Å²) in [5.41, 5.74) is 0. The minimum absolute atomic E-state index is 0.773. The molecule has 0 aliphatic rings. The third-order valence-electron chi connectivity index (χ3n) is 1.54. The van der Waals surface area contributed by atoms with Crippen molar-refractivity contribution >= 4 is 78.0 Å². The van der Waals surface area contributed by atoms with Gasteiger partial charge in [-0.05, 0) is 86.3 Å². The van der Waals surface area contributed by atoms with Crippen LogP contribution in [0.3, 0.4) is 0 Å². The summed E-state index contributed by atoms with van der Waals surface area (Å²) in [5, 5.41) is 0. The Morgan fingerprint density at radius 3 is 2.57 bits per heavy atom. The van der Waals surface area contributed by atoms with Gasteiger partial charge < -0.3 is 4.74 Å². The maximum Gasteiger partial charge on any atom is 0.134 e. The summed E-state index contributed by atoms with van der Waals surface area (Å²) in [4.78, 5) is 0. The smallest absolute Gasteiger partial charge is 0.134 e. The van der Waals surface area contributed by atoms with Crippen molar-refractivity contribution in [2.24, 2.45) is 0 Å².